The summed E-state index contributed by atoms with van der Waals surface area (Å²) in [7, 11) is 4.68. The van der Waals surface area contributed by atoms with Crippen molar-refractivity contribution in [2.45, 2.75) is 6.92 Å². The van der Waals surface area contributed by atoms with Gasteiger partial charge in [0.2, 0.25) is 11.9 Å². The summed E-state index contributed by atoms with van der Waals surface area (Å²) >= 11 is 0. The largest absolute Gasteiger partial charge is 0.497 e. The predicted molar refractivity (Wildman–Crippen MR) is 110 cm³/mol. The molecular weight excluding hydrogens is 374 g/mol. The van der Waals surface area contributed by atoms with E-state index >= 15 is 0 Å². The van der Waals surface area contributed by atoms with Gasteiger partial charge in [-0.3, -0.25) is 15.1 Å². The lowest BCUT2D eigenvalue weighted by Crippen LogP contribution is -2.13. The van der Waals surface area contributed by atoms with Crippen LogP contribution in [0.1, 0.15) is 5.69 Å². The SMILES string of the molecule is COc1cc(OC)c2nc(Nc3nc4c(OC)cccc4c(=O)[nH]3)nc(C)c2c1. The van der Waals surface area contributed by atoms with Gasteiger partial charge in [-0.25, -0.2) is 15.0 Å². The van der Waals surface area contributed by atoms with Gasteiger partial charge in [0.15, 0.2) is 0 Å². The molecule has 2 aromatic carbocycles. The first-order valence-electron chi connectivity index (χ1n) is 8.78. The minimum Gasteiger partial charge on any atom is -0.497 e. The molecule has 0 amide bonds. The Labute approximate surface area is 165 Å². The van der Waals surface area contributed by atoms with Gasteiger partial charge in [-0.1, -0.05) is 6.07 Å². The molecule has 0 saturated carbocycles. The summed E-state index contributed by atoms with van der Waals surface area (Å²) in [5.74, 6) is 2.18. The van der Waals surface area contributed by atoms with Crippen molar-refractivity contribution in [1.29, 1.82) is 0 Å². The Morgan fingerprint density at radius 2 is 1.66 bits per heavy atom. The van der Waals surface area contributed by atoms with E-state index in [-0.39, 0.29) is 17.5 Å². The number of hydrogen-bond donors (Lipinski definition) is 2. The molecule has 4 aromatic rings. The van der Waals surface area contributed by atoms with Gasteiger partial charge in [-0.15, -0.1) is 0 Å². The molecule has 2 aromatic heterocycles. The molecule has 0 unspecified atom stereocenters. The number of rotatable bonds is 5. The van der Waals surface area contributed by atoms with Crippen LogP contribution in [0, 0.1) is 6.92 Å². The van der Waals surface area contributed by atoms with Gasteiger partial charge >= 0.3 is 0 Å². The van der Waals surface area contributed by atoms with Crippen molar-refractivity contribution < 1.29 is 14.2 Å². The van der Waals surface area contributed by atoms with E-state index in [0.717, 1.165) is 11.1 Å². The fourth-order valence-electron chi connectivity index (χ4n) is 3.12. The summed E-state index contributed by atoms with van der Waals surface area (Å²) in [4.78, 5) is 28.6. The monoisotopic (exact) mass is 393 g/mol. The number of aromatic amines is 1. The van der Waals surface area contributed by atoms with E-state index in [1.807, 2.05) is 13.0 Å². The number of para-hydroxylation sites is 1. The van der Waals surface area contributed by atoms with E-state index < -0.39 is 0 Å². The maximum atomic E-state index is 12.4. The Hall–Kier alpha value is -3.88. The Kier molecular flexibility index (Phi) is 4.63. The van der Waals surface area contributed by atoms with Crippen molar-refractivity contribution in [3.05, 3.63) is 46.4 Å². The van der Waals surface area contributed by atoms with E-state index in [4.69, 9.17) is 14.2 Å². The highest BCUT2D eigenvalue weighted by atomic mass is 16.5. The summed E-state index contributed by atoms with van der Waals surface area (Å²) in [6.07, 6.45) is 0. The Bertz CT molecular complexity index is 1290. The zero-order chi connectivity index (χ0) is 20.5. The summed E-state index contributed by atoms with van der Waals surface area (Å²) < 4.78 is 16.1. The van der Waals surface area contributed by atoms with Crippen LogP contribution in [0.15, 0.2) is 35.1 Å². The summed E-state index contributed by atoms with van der Waals surface area (Å²) in [5.41, 5.74) is 1.48. The normalized spacial score (nSPS) is 10.9. The first-order valence-corrected chi connectivity index (χ1v) is 8.78. The van der Waals surface area contributed by atoms with Crippen LogP contribution in [0.4, 0.5) is 11.9 Å². The third-order valence-electron chi connectivity index (χ3n) is 4.53. The van der Waals surface area contributed by atoms with Gasteiger partial charge < -0.3 is 14.2 Å². The zero-order valence-electron chi connectivity index (χ0n) is 16.4. The highest BCUT2D eigenvalue weighted by Crippen LogP contribution is 2.32. The molecule has 0 radical (unpaired) electrons. The summed E-state index contributed by atoms with van der Waals surface area (Å²) in [6, 6.07) is 8.76. The number of benzene rings is 2. The third-order valence-corrected chi connectivity index (χ3v) is 4.53. The van der Waals surface area contributed by atoms with E-state index in [1.54, 1.807) is 38.5 Å². The highest BCUT2D eigenvalue weighted by Gasteiger charge is 2.14. The van der Waals surface area contributed by atoms with Gasteiger partial charge in [0.05, 0.1) is 32.4 Å². The Morgan fingerprint density at radius 1 is 0.897 bits per heavy atom. The lowest BCUT2D eigenvalue weighted by molar-refractivity contribution is 0.397. The fourth-order valence-corrected chi connectivity index (χ4v) is 3.12. The number of nitrogens with zero attached hydrogens (tertiary/aromatic N) is 3. The Balaban J connectivity index is 1.83. The number of H-pyrrole nitrogens is 1. The quantitative estimate of drug-likeness (QED) is 0.532. The molecule has 148 valence electrons. The maximum Gasteiger partial charge on any atom is 0.260 e. The van der Waals surface area contributed by atoms with E-state index in [0.29, 0.717) is 33.7 Å². The second kappa shape index (κ2) is 7.27. The van der Waals surface area contributed by atoms with Crippen LogP contribution in [0.5, 0.6) is 17.2 Å². The van der Waals surface area contributed by atoms with Gasteiger partial charge in [0, 0.05) is 11.5 Å². The lowest BCUT2D eigenvalue weighted by Gasteiger charge is -2.12. The molecule has 4 rings (SSSR count). The van der Waals surface area contributed by atoms with Gasteiger partial charge in [-0.05, 0) is 25.1 Å². The van der Waals surface area contributed by atoms with E-state index in [1.165, 1.54) is 7.11 Å². The van der Waals surface area contributed by atoms with Crippen LogP contribution >= 0.6 is 0 Å². The van der Waals surface area contributed by atoms with Crippen LogP contribution < -0.4 is 25.1 Å². The highest BCUT2D eigenvalue weighted by molar-refractivity contribution is 5.89. The average Bonchev–Trinajstić information content (AvgIpc) is 2.73. The number of aryl methyl sites for hydroxylation is 1. The van der Waals surface area contributed by atoms with Gasteiger partial charge in [-0.2, -0.15) is 0 Å². The smallest absolute Gasteiger partial charge is 0.260 e. The van der Waals surface area contributed by atoms with Gasteiger partial charge in [0.1, 0.15) is 28.3 Å². The van der Waals surface area contributed by atoms with Crippen LogP contribution in [0.3, 0.4) is 0 Å². The Morgan fingerprint density at radius 3 is 2.38 bits per heavy atom. The molecule has 0 fully saturated rings. The molecule has 0 atom stereocenters. The second-order valence-electron chi connectivity index (χ2n) is 6.25. The molecule has 0 spiro atoms. The van der Waals surface area contributed by atoms with Crippen molar-refractivity contribution in [2.75, 3.05) is 26.6 Å². The second-order valence-corrected chi connectivity index (χ2v) is 6.25. The molecule has 29 heavy (non-hydrogen) atoms. The number of hydrogen-bond acceptors (Lipinski definition) is 8. The molecule has 9 heteroatoms. The molecule has 0 aliphatic heterocycles. The lowest BCUT2D eigenvalue weighted by atomic mass is 10.1. The number of methoxy groups -OCH3 is 3. The van der Waals surface area contributed by atoms with Crippen LogP contribution in [0.25, 0.3) is 21.8 Å². The number of ether oxygens (including phenoxy) is 3. The number of fused-ring (bicyclic) bond motifs is 2. The van der Waals surface area contributed by atoms with Crippen molar-refractivity contribution in [3.8, 4) is 17.2 Å². The van der Waals surface area contributed by atoms with Crippen LogP contribution in [0.2, 0.25) is 0 Å². The average molecular weight is 393 g/mol. The van der Waals surface area contributed by atoms with Gasteiger partial charge in [0.25, 0.3) is 5.56 Å². The van der Waals surface area contributed by atoms with Crippen LogP contribution in [-0.2, 0) is 0 Å². The summed E-state index contributed by atoms with van der Waals surface area (Å²) in [6.45, 7) is 1.85. The van der Waals surface area contributed by atoms with Crippen molar-refractivity contribution >= 4 is 33.7 Å². The zero-order valence-corrected chi connectivity index (χ0v) is 16.4. The number of nitrogens with one attached hydrogen (secondary N) is 2. The molecule has 0 saturated heterocycles. The maximum absolute atomic E-state index is 12.4. The third kappa shape index (κ3) is 3.27. The minimum atomic E-state index is -0.295. The first kappa shape index (κ1) is 18.5. The standard InChI is InChI=1S/C20H19N5O4/c1-10-13-8-11(27-2)9-15(29-4)17(13)23-19(21-10)25-20-22-16-12(18(26)24-20)6-5-7-14(16)28-3/h5-9H,1-4H3,(H2,21,22,23,24,25,26). The fraction of sp³-hybridized carbons (Fsp3) is 0.200. The van der Waals surface area contributed by atoms with Crippen molar-refractivity contribution in [1.82, 2.24) is 19.9 Å². The molecule has 9 nitrogen and oxygen atoms in total. The topological polar surface area (TPSA) is 111 Å². The molecule has 0 bridgehead atoms. The number of anilines is 2. The predicted octanol–water partition coefficient (Wildman–Crippen LogP) is 2.94. The molecule has 2 heterocycles. The minimum absolute atomic E-state index is 0.207. The number of aromatic nitrogens is 4. The molecule has 0 aliphatic rings. The van der Waals surface area contributed by atoms with E-state index in [9.17, 15) is 4.79 Å². The molecule has 2 N–H and O–H groups in total. The van der Waals surface area contributed by atoms with Crippen molar-refractivity contribution in [3.63, 3.8) is 0 Å². The van der Waals surface area contributed by atoms with E-state index in [2.05, 4.69) is 25.3 Å². The molecular formula is C20H19N5O4. The molecule has 0 aliphatic carbocycles. The van der Waals surface area contributed by atoms with Crippen molar-refractivity contribution in [2.24, 2.45) is 0 Å². The van der Waals surface area contributed by atoms with Crippen LogP contribution in [-0.4, -0.2) is 41.3 Å². The first-order chi connectivity index (χ1) is 14.0. The summed E-state index contributed by atoms with van der Waals surface area (Å²) in [5, 5.41) is 4.20.